The van der Waals surface area contributed by atoms with Crippen LogP contribution in [0.5, 0.6) is 0 Å². The molecule has 0 aliphatic rings. The van der Waals surface area contributed by atoms with Gasteiger partial charge in [0.25, 0.3) is 0 Å². The highest BCUT2D eigenvalue weighted by molar-refractivity contribution is 8.00. The molecule has 3 rings (SSSR count). The number of rotatable bonds is 5. The topological polar surface area (TPSA) is 72.8 Å². The van der Waals surface area contributed by atoms with Gasteiger partial charge in [0.05, 0.1) is 7.11 Å². The van der Waals surface area contributed by atoms with E-state index >= 15 is 0 Å². The number of aromatic nitrogens is 4. The summed E-state index contributed by atoms with van der Waals surface area (Å²) in [5.74, 6) is 0.527. The molecule has 6 nitrogen and oxygen atoms in total. The van der Waals surface area contributed by atoms with Crippen molar-refractivity contribution in [3.63, 3.8) is 0 Å². The van der Waals surface area contributed by atoms with Crippen LogP contribution in [0.4, 0.5) is 0 Å². The second kappa shape index (κ2) is 6.45. The quantitative estimate of drug-likeness (QED) is 0.575. The maximum absolute atomic E-state index is 11.6. The van der Waals surface area contributed by atoms with Crippen molar-refractivity contribution < 1.29 is 9.53 Å². The summed E-state index contributed by atoms with van der Waals surface area (Å²) in [6, 6.07) is 8.08. The van der Waals surface area contributed by atoms with Gasteiger partial charge in [0.2, 0.25) is 0 Å². The zero-order chi connectivity index (χ0) is 16.4. The number of nitrogens with one attached hydrogen (secondary N) is 1. The molecule has 0 saturated carbocycles. The molecule has 120 valence electrons. The lowest BCUT2D eigenvalue weighted by Gasteiger charge is -2.10. The van der Waals surface area contributed by atoms with E-state index in [1.165, 1.54) is 18.9 Å². The number of hydrogen-bond acceptors (Lipinski definition) is 5. The molecule has 0 amide bonds. The van der Waals surface area contributed by atoms with Crippen molar-refractivity contribution in [2.24, 2.45) is 0 Å². The number of ether oxygens (including phenoxy) is 1. The lowest BCUT2D eigenvalue weighted by atomic mass is 10.1. The Hall–Kier alpha value is -2.28. The van der Waals surface area contributed by atoms with E-state index in [2.05, 4.69) is 21.2 Å². The number of hydrogen-bond donors (Lipinski definition) is 1. The van der Waals surface area contributed by atoms with E-state index in [9.17, 15) is 4.79 Å². The van der Waals surface area contributed by atoms with Crippen LogP contribution in [-0.4, -0.2) is 38.1 Å². The summed E-state index contributed by atoms with van der Waals surface area (Å²) in [5, 5.41) is 10.1. The first-order valence-electron chi connectivity index (χ1n) is 7.39. The van der Waals surface area contributed by atoms with Crippen LogP contribution < -0.4 is 0 Å². The van der Waals surface area contributed by atoms with E-state index in [-0.39, 0.29) is 11.2 Å². The molecule has 1 N–H and O–H groups in total. The molecular weight excluding hydrogens is 312 g/mol. The van der Waals surface area contributed by atoms with Crippen molar-refractivity contribution in [3.8, 4) is 11.4 Å². The Labute approximate surface area is 138 Å². The minimum atomic E-state index is -0.328. The van der Waals surface area contributed by atoms with Gasteiger partial charge in [-0.1, -0.05) is 30.0 Å². The molecule has 0 radical (unpaired) electrons. The van der Waals surface area contributed by atoms with Gasteiger partial charge < -0.3 is 14.3 Å². The summed E-state index contributed by atoms with van der Waals surface area (Å²) in [6.45, 7) is 4.56. The molecule has 0 fully saturated rings. The lowest BCUT2D eigenvalue weighted by Crippen LogP contribution is -2.15. The van der Waals surface area contributed by atoms with Gasteiger partial charge in [-0.15, -0.1) is 10.2 Å². The Bertz CT molecular complexity index is 840. The number of carbonyl (C=O) groups is 1. The standard InChI is InChI=1S/C16H18N4O2S/c1-4-20-14(12-9-17-13-8-6-5-7-11(12)13)18-19-16(20)23-10(2)15(21)22-3/h5-10,17H,4H2,1-3H3/t10-/m1/s1. The fourth-order valence-corrected chi connectivity index (χ4v) is 3.43. The highest BCUT2D eigenvalue weighted by Gasteiger charge is 2.21. The van der Waals surface area contributed by atoms with E-state index in [1.807, 2.05) is 35.9 Å². The predicted octanol–water partition coefficient (Wildman–Crippen LogP) is 3.10. The number of fused-ring (bicyclic) bond motifs is 1. The molecule has 0 spiro atoms. The van der Waals surface area contributed by atoms with Crippen LogP contribution in [0.3, 0.4) is 0 Å². The zero-order valence-electron chi connectivity index (χ0n) is 13.2. The van der Waals surface area contributed by atoms with Gasteiger partial charge in [-0.2, -0.15) is 0 Å². The third-order valence-corrected chi connectivity index (χ3v) is 4.74. The number of carbonyl (C=O) groups excluding carboxylic acids is 1. The van der Waals surface area contributed by atoms with E-state index in [1.54, 1.807) is 6.92 Å². The van der Waals surface area contributed by atoms with E-state index < -0.39 is 0 Å². The molecule has 23 heavy (non-hydrogen) atoms. The Kier molecular flexibility index (Phi) is 4.38. The van der Waals surface area contributed by atoms with Gasteiger partial charge in [0.15, 0.2) is 11.0 Å². The maximum atomic E-state index is 11.6. The van der Waals surface area contributed by atoms with Crippen LogP contribution in [0.1, 0.15) is 13.8 Å². The first-order chi connectivity index (χ1) is 11.2. The summed E-state index contributed by atoms with van der Waals surface area (Å²) in [5.41, 5.74) is 2.07. The molecule has 1 aromatic carbocycles. The number of esters is 1. The van der Waals surface area contributed by atoms with Gasteiger partial charge in [-0.05, 0) is 19.9 Å². The Balaban J connectivity index is 2.00. The normalized spacial score (nSPS) is 12.5. The van der Waals surface area contributed by atoms with Crippen LogP contribution in [0.25, 0.3) is 22.3 Å². The number of methoxy groups -OCH3 is 1. The molecular formula is C16H18N4O2S. The van der Waals surface area contributed by atoms with Gasteiger partial charge in [-0.25, -0.2) is 0 Å². The zero-order valence-corrected chi connectivity index (χ0v) is 14.1. The van der Waals surface area contributed by atoms with Crippen molar-refractivity contribution in [3.05, 3.63) is 30.5 Å². The minimum Gasteiger partial charge on any atom is -0.468 e. The third-order valence-electron chi connectivity index (χ3n) is 3.68. The van der Waals surface area contributed by atoms with Crippen molar-refractivity contribution in [2.45, 2.75) is 30.8 Å². The van der Waals surface area contributed by atoms with Crippen LogP contribution >= 0.6 is 11.8 Å². The number of aromatic amines is 1. The largest absolute Gasteiger partial charge is 0.468 e. The molecule has 1 atom stereocenters. The highest BCUT2D eigenvalue weighted by Crippen LogP contribution is 2.31. The summed E-state index contributed by atoms with van der Waals surface area (Å²) in [4.78, 5) is 14.9. The number of nitrogens with zero attached hydrogens (tertiary/aromatic N) is 3. The van der Waals surface area contributed by atoms with Crippen LogP contribution in [0.2, 0.25) is 0 Å². The molecule has 0 aliphatic heterocycles. The fraction of sp³-hybridized carbons (Fsp3) is 0.312. The van der Waals surface area contributed by atoms with E-state index in [0.717, 1.165) is 28.8 Å². The van der Waals surface area contributed by atoms with E-state index in [4.69, 9.17) is 4.74 Å². The molecule has 2 heterocycles. The van der Waals surface area contributed by atoms with Crippen LogP contribution in [0.15, 0.2) is 35.6 Å². The molecule has 0 saturated heterocycles. The monoisotopic (exact) mass is 330 g/mol. The molecule has 0 unspecified atom stereocenters. The fourth-order valence-electron chi connectivity index (χ4n) is 2.49. The molecule has 7 heteroatoms. The number of benzene rings is 1. The summed E-state index contributed by atoms with van der Waals surface area (Å²) < 4.78 is 6.79. The number of para-hydroxylation sites is 1. The maximum Gasteiger partial charge on any atom is 0.318 e. The highest BCUT2D eigenvalue weighted by atomic mass is 32.2. The first-order valence-corrected chi connectivity index (χ1v) is 8.27. The van der Waals surface area contributed by atoms with E-state index in [0.29, 0.717) is 5.16 Å². The Morgan fingerprint density at radius 3 is 2.91 bits per heavy atom. The van der Waals surface area contributed by atoms with Crippen LogP contribution in [0, 0.1) is 0 Å². The second-order valence-electron chi connectivity index (χ2n) is 5.08. The Morgan fingerprint density at radius 1 is 1.39 bits per heavy atom. The van der Waals surface area contributed by atoms with Gasteiger partial charge in [0, 0.05) is 29.2 Å². The van der Waals surface area contributed by atoms with Gasteiger partial charge in [-0.3, -0.25) is 4.79 Å². The third kappa shape index (κ3) is 2.84. The second-order valence-corrected chi connectivity index (χ2v) is 6.39. The van der Waals surface area contributed by atoms with Crippen molar-refractivity contribution in [1.29, 1.82) is 0 Å². The summed E-state index contributed by atoms with van der Waals surface area (Å²) >= 11 is 1.36. The SMILES string of the molecule is CCn1c(S[C@H](C)C(=O)OC)nnc1-c1c[nH]c2ccccc12. The number of thioether (sulfide) groups is 1. The molecule has 3 aromatic rings. The Morgan fingerprint density at radius 2 is 2.17 bits per heavy atom. The lowest BCUT2D eigenvalue weighted by molar-refractivity contribution is -0.139. The van der Waals surface area contributed by atoms with Crippen LogP contribution in [-0.2, 0) is 16.1 Å². The minimum absolute atomic E-state index is 0.269. The van der Waals surface area contributed by atoms with Crippen molar-refractivity contribution in [2.75, 3.05) is 7.11 Å². The molecule has 2 aromatic heterocycles. The predicted molar refractivity (Wildman–Crippen MR) is 90.3 cm³/mol. The average Bonchev–Trinajstić information content (AvgIpc) is 3.17. The van der Waals surface area contributed by atoms with Crippen molar-refractivity contribution >= 4 is 28.6 Å². The van der Waals surface area contributed by atoms with Crippen molar-refractivity contribution in [1.82, 2.24) is 19.7 Å². The smallest absolute Gasteiger partial charge is 0.318 e. The van der Waals surface area contributed by atoms with Gasteiger partial charge in [0.1, 0.15) is 5.25 Å². The average molecular weight is 330 g/mol. The summed E-state index contributed by atoms with van der Waals surface area (Å²) in [6.07, 6.45) is 1.94. The van der Waals surface area contributed by atoms with Gasteiger partial charge >= 0.3 is 5.97 Å². The first kappa shape index (κ1) is 15.6. The summed E-state index contributed by atoms with van der Waals surface area (Å²) in [7, 11) is 1.39. The number of H-pyrrole nitrogens is 1. The molecule has 0 aliphatic carbocycles. The molecule has 0 bridgehead atoms.